The first-order valence-corrected chi connectivity index (χ1v) is 5.52. The number of pyridine rings is 1. The Morgan fingerprint density at radius 3 is 2.69 bits per heavy atom. The van der Waals surface area contributed by atoms with E-state index in [4.69, 9.17) is 0 Å². The first-order chi connectivity index (χ1) is 6.06. The molecule has 2 nitrogen and oxygen atoms in total. The summed E-state index contributed by atoms with van der Waals surface area (Å²) in [6, 6.07) is 1.31. The lowest BCUT2D eigenvalue weighted by Crippen LogP contribution is -2.12. The SMILES string of the molecule is O=c1cc(CBr)c(I)c(C(F)F)[nH]1. The van der Waals surface area contributed by atoms with Gasteiger partial charge >= 0.3 is 0 Å². The standard InChI is InChI=1S/C7H5BrF2INO/c8-2-3-1-4(13)12-6(5(3)11)7(9)10/h1,7H,2H2,(H,12,13). The first kappa shape index (κ1) is 11.1. The van der Waals surface area contributed by atoms with Crippen molar-refractivity contribution in [1.29, 1.82) is 0 Å². The Bertz CT molecular complexity index is 366. The van der Waals surface area contributed by atoms with E-state index in [1.54, 1.807) is 22.6 Å². The predicted octanol–water partition coefficient (Wildman–Crippen LogP) is 2.81. The summed E-state index contributed by atoms with van der Waals surface area (Å²) in [6.45, 7) is 0. The molecule has 0 aliphatic heterocycles. The van der Waals surface area contributed by atoms with Crippen molar-refractivity contribution in [3.8, 4) is 0 Å². The molecule has 1 aromatic rings. The van der Waals surface area contributed by atoms with Gasteiger partial charge in [-0.15, -0.1) is 0 Å². The second kappa shape index (κ2) is 4.50. The summed E-state index contributed by atoms with van der Waals surface area (Å²) in [5.41, 5.74) is -0.215. The van der Waals surface area contributed by atoms with Gasteiger partial charge in [0.1, 0.15) is 0 Å². The maximum atomic E-state index is 12.3. The Hall–Kier alpha value is 0.0200. The Kier molecular flexibility index (Phi) is 3.84. The zero-order valence-corrected chi connectivity index (χ0v) is 10.0. The molecule has 0 saturated carbocycles. The molecule has 0 aliphatic rings. The molecule has 0 amide bonds. The molecule has 72 valence electrons. The van der Waals surface area contributed by atoms with E-state index in [0.717, 1.165) is 0 Å². The van der Waals surface area contributed by atoms with Crippen molar-refractivity contribution in [3.63, 3.8) is 0 Å². The number of H-pyrrole nitrogens is 1. The van der Waals surface area contributed by atoms with Gasteiger partial charge < -0.3 is 4.98 Å². The monoisotopic (exact) mass is 363 g/mol. The number of halogens is 4. The van der Waals surface area contributed by atoms with Crippen molar-refractivity contribution in [2.75, 3.05) is 0 Å². The van der Waals surface area contributed by atoms with Gasteiger partial charge in [-0.2, -0.15) is 0 Å². The number of alkyl halides is 3. The van der Waals surface area contributed by atoms with E-state index in [0.29, 0.717) is 14.5 Å². The van der Waals surface area contributed by atoms with Gasteiger partial charge in [0.25, 0.3) is 6.43 Å². The number of aromatic nitrogens is 1. The average Bonchev–Trinajstić information content (AvgIpc) is 2.08. The van der Waals surface area contributed by atoms with Crippen molar-refractivity contribution in [3.05, 3.63) is 31.2 Å². The Balaban J connectivity index is 3.36. The molecule has 1 aromatic heterocycles. The van der Waals surface area contributed by atoms with Crippen LogP contribution in [-0.4, -0.2) is 4.98 Å². The fraction of sp³-hybridized carbons (Fsp3) is 0.286. The van der Waals surface area contributed by atoms with Crippen LogP contribution in [-0.2, 0) is 5.33 Å². The molecular formula is C7H5BrF2INO. The minimum Gasteiger partial charge on any atom is -0.320 e. The van der Waals surface area contributed by atoms with Gasteiger partial charge in [0, 0.05) is 15.0 Å². The third kappa shape index (κ3) is 2.49. The largest absolute Gasteiger partial charge is 0.320 e. The zero-order chi connectivity index (χ0) is 10.0. The number of rotatable bonds is 2. The Morgan fingerprint density at radius 1 is 1.62 bits per heavy atom. The van der Waals surface area contributed by atoms with Gasteiger partial charge in [-0.05, 0) is 28.2 Å². The molecule has 1 rings (SSSR count). The first-order valence-electron chi connectivity index (χ1n) is 3.32. The van der Waals surface area contributed by atoms with Gasteiger partial charge in [0.15, 0.2) is 0 Å². The highest BCUT2D eigenvalue weighted by molar-refractivity contribution is 14.1. The molecule has 6 heteroatoms. The van der Waals surface area contributed by atoms with Crippen LogP contribution in [0.25, 0.3) is 0 Å². The fourth-order valence-corrected chi connectivity index (χ4v) is 2.55. The molecule has 0 bridgehead atoms. The lowest BCUT2D eigenvalue weighted by atomic mass is 10.2. The van der Waals surface area contributed by atoms with Crippen molar-refractivity contribution < 1.29 is 8.78 Å². The van der Waals surface area contributed by atoms with Gasteiger partial charge in [-0.25, -0.2) is 8.78 Å². The highest BCUT2D eigenvalue weighted by Crippen LogP contribution is 2.24. The number of aromatic amines is 1. The summed E-state index contributed by atoms with van der Waals surface area (Å²) in [6.07, 6.45) is -2.64. The second-order valence-corrected chi connectivity index (χ2v) is 3.96. The summed E-state index contributed by atoms with van der Waals surface area (Å²) in [4.78, 5) is 13.0. The van der Waals surface area contributed by atoms with E-state index in [1.165, 1.54) is 6.07 Å². The van der Waals surface area contributed by atoms with Crippen molar-refractivity contribution in [2.45, 2.75) is 11.8 Å². The molecule has 0 saturated heterocycles. The molecule has 0 radical (unpaired) electrons. The Labute approximate surface area is 95.0 Å². The highest BCUT2D eigenvalue weighted by atomic mass is 127. The molecule has 1 heterocycles. The summed E-state index contributed by atoms with van der Waals surface area (Å²) < 4.78 is 25.1. The van der Waals surface area contributed by atoms with E-state index in [-0.39, 0.29) is 5.69 Å². The molecule has 1 N–H and O–H groups in total. The van der Waals surface area contributed by atoms with Crippen molar-refractivity contribution >= 4 is 38.5 Å². The van der Waals surface area contributed by atoms with Crippen LogP contribution in [0.5, 0.6) is 0 Å². The molecule has 0 unspecified atom stereocenters. The molecule has 0 atom stereocenters. The van der Waals surface area contributed by atoms with Crippen molar-refractivity contribution in [2.24, 2.45) is 0 Å². The van der Waals surface area contributed by atoms with Crippen LogP contribution >= 0.6 is 38.5 Å². The normalized spacial score (nSPS) is 10.8. The van der Waals surface area contributed by atoms with Crippen LogP contribution < -0.4 is 5.56 Å². The summed E-state index contributed by atoms with van der Waals surface area (Å²) in [5.74, 6) is 0. The molecule has 13 heavy (non-hydrogen) atoms. The lowest BCUT2D eigenvalue weighted by molar-refractivity contribution is 0.144. The Morgan fingerprint density at radius 2 is 2.23 bits per heavy atom. The fourth-order valence-electron chi connectivity index (χ4n) is 0.866. The van der Waals surface area contributed by atoms with Crippen LogP contribution in [0.3, 0.4) is 0 Å². The molecule has 0 spiro atoms. The number of hydrogen-bond donors (Lipinski definition) is 1. The average molecular weight is 364 g/mol. The highest BCUT2D eigenvalue weighted by Gasteiger charge is 2.15. The van der Waals surface area contributed by atoms with E-state index >= 15 is 0 Å². The maximum absolute atomic E-state index is 12.3. The topological polar surface area (TPSA) is 32.9 Å². The van der Waals surface area contributed by atoms with Gasteiger partial charge in [-0.1, -0.05) is 15.9 Å². The lowest BCUT2D eigenvalue weighted by Gasteiger charge is -2.05. The van der Waals surface area contributed by atoms with E-state index in [1.807, 2.05) is 0 Å². The summed E-state index contributed by atoms with van der Waals surface area (Å²) >= 11 is 4.92. The smallest absolute Gasteiger partial charge is 0.279 e. The van der Waals surface area contributed by atoms with Crippen LogP contribution in [0, 0.1) is 3.57 Å². The quantitative estimate of drug-likeness (QED) is 0.636. The van der Waals surface area contributed by atoms with Crippen molar-refractivity contribution in [1.82, 2.24) is 4.98 Å². The second-order valence-electron chi connectivity index (χ2n) is 2.32. The number of hydrogen-bond acceptors (Lipinski definition) is 1. The number of nitrogens with one attached hydrogen (secondary N) is 1. The van der Waals surface area contributed by atoms with Gasteiger partial charge in [0.05, 0.1) is 5.69 Å². The molecule has 0 fully saturated rings. The van der Waals surface area contributed by atoms with E-state index in [9.17, 15) is 13.6 Å². The van der Waals surface area contributed by atoms with Gasteiger partial charge in [0.2, 0.25) is 5.56 Å². The van der Waals surface area contributed by atoms with E-state index < -0.39 is 12.0 Å². The van der Waals surface area contributed by atoms with Crippen LogP contribution in [0.1, 0.15) is 17.7 Å². The summed E-state index contributed by atoms with van der Waals surface area (Å²) in [7, 11) is 0. The minimum atomic E-state index is -2.64. The maximum Gasteiger partial charge on any atom is 0.279 e. The molecular weight excluding hydrogens is 359 g/mol. The van der Waals surface area contributed by atoms with Crippen LogP contribution in [0.2, 0.25) is 0 Å². The van der Waals surface area contributed by atoms with Crippen LogP contribution in [0.15, 0.2) is 10.9 Å². The zero-order valence-electron chi connectivity index (χ0n) is 6.28. The molecule has 0 aromatic carbocycles. The predicted molar refractivity (Wildman–Crippen MR) is 57.4 cm³/mol. The third-order valence-electron chi connectivity index (χ3n) is 1.44. The third-order valence-corrected chi connectivity index (χ3v) is 3.32. The molecule has 0 aliphatic carbocycles. The van der Waals surface area contributed by atoms with Crippen LogP contribution in [0.4, 0.5) is 8.78 Å². The van der Waals surface area contributed by atoms with Gasteiger partial charge in [-0.3, -0.25) is 4.79 Å². The summed E-state index contributed by atoms with van der Waals surface area (Å²) in [5, 5.41) is 0.398. The van der Waals surface area contributed by atoms with E-state index in [2.05, 4.69) is 20.9 Å². The minimum absolute atomic E-state index is 0.303.